The zero-order valence-corrected chi connectivity index (χ0v) is 12.2. The third-order valence-corrected chi connectivity index (χ3v) is 6.25. The van der Waals surface area contributed by atoms with E-state index in [4.69, 9.17) is 4.74 Å². The van der Waals surface area contributed by atoms with Gasteiger partial charge in [0, 0.05) is 0 Å². The predicted octanol–water partition coefficient (Wildman–Crippen LogP) is 0.200. The smallest absolute Gasteiger partial charge is 0.330 e. The fourth-order valence-corrected chi connectivity index (χ4v) is 5.36. The first kappa shape index (κ1) is 14.4. The summed E-state index contributed by atoms with van der Waals surface area (Å²) in [4.78, 5) is 11.8. The molecule has 0 aromatic heterocycles. The van der Waals surface area contributed by atoms with Gasteiger partial charge in [0.1, 0.15) is 10.8 Å². The molecule has 0 aliphatic carbocycles. The topological polar surface area (TPSA) is 60.4 Å². The van der Waals surface area contributed by atoms with Crippen LogP contribution in [0.1, 0.15) is 20.8 Å². The Bertz CT molecular complexity index is 419. The number of quaternary nitrogens is 1. The fraction of sp³-hybridized carbons (Fsp3) is 0.909. The largest absolute Gasteiger partial charge is 0.465 e. The Morgan fingerprint density at radius 1 is 1.29 bits per heavy atom. The molecule has 17 heavy (non-hydrogen) atoms. The molecule has 0 amide bonds. The Morgan fingerprint density at radius 2 is 1.76 bits per heavy atom. The minimum Gasteiger partial charge on any atom is -0.465 e. The molecule has 0 radical (unpaired) electrons. The van der Waals surface area contributed by atoms with Gasteiger partial charge < -0.3 is 9.22 Å². The second kappa shape index (κ2) is 3.95. The molecule has 0 bridgehead atoms. The molecule has 6 heteroatoms. The van der Waals surface area contributed by atoms with Crippen LogP contribution in [-0.4, -0.2) is 62.7 Å². The Balaban J connectivity index is 3.16. The Hall–Kier alpha value is -0.620. The van der Waals surface area contributed by atoms with Crippen LogP contribution in [0.15, 0.2) is 0 Å². The van der Waals surface area contributed by atoms with Crippen molar-refractivity contribution in [1.82, 2.24) is 0 Å². The van der Waals surface area contributed by atoms with Crippen molar-refractivity contribution in [1.29, 1.82) is 0 Å². The van der Waals surface area contributed by atoms with E-state index in [-0.39, 0.29) is 12.6 Å². The van der Waals surface area contributed by atoms with Crippen molar-refractivity contribution in [2.75, 3.05) is 27.7 Å². The van der Waals surface area contributed by atoms with Gasteiger partial charge in [0.25, 0.3) is 0 Å². The van der Waals surface area contributed by atoms with Gasteiger partial charge in [0.2, 0.25) is 5.25 Å². The molecule has 0 N–H and O–H groups in total. The van der Waals surface area contributed by atoms with Crippen LogP contribution in [0.4, 0.5) is 0 Å². The van der Waals surface area contributed by atoms with E-state index in [1.165, 1.54) is 0 Å². The molecule has 1 aliphatic heterocycles. The zero-order chi connectivity index (χ0) is 13.6. The van der Waals surface area contributed by atoms with Crippen LogP contribution < -0.4 is 0 Å². The number of hydrogen-bond acceptors (Lipinski definition) is 4. The molecule has 0 unspecified atom stereocenters. The second-order valence-corrected chi connectivity index (χ2v) is 8.53. The number of carbonyl (C=O) groups is 1. The Kier molecular flexibility index (Phi) is 3.35. The molecule has 0 spiro atoms. The van der Waals surface area contributed by atoms with E-state index >= 15 is 0 Å². The van der Waals surface area contributed by atoms with Crippen molar-refractivity contribution in [3.63, 3.8) is 0 Å². The third kappa shape index (κ3) is 1.97. The van der Waals surface area contributed by atoms with E-state index in [9.17, 15) is 13.2 Å². The lowest BCUT2D eigenvalue weighted by atomic mass is 9.94. The molecular formula is C11H22NO4S+. The first-order valence-electron chi connectivity index (χ1n) is 5.69. The summed E-state index contributed by atoms with van der Waals surface area (Å²) in [6, 6.07) is -0.272. The molecule has 2 atom stereocenters. The highest BCUT2D eigenvalue weighted by Gasteiger charge is 2.71. The molecule has 0 aromatic rings. The molecule has 1 heterocycles. The van der Waals surface area contributed by atoms with Gasteiger partial charge in [0.15, 0.2) is 9.84 Å². The minimum absolute atomic E-state index is 0.204. The minimum atomic E-state index is -3.44. The number of nitrogens with zero attached hydrogens (tertiary/aromatic N) is 1. The summed E-state index contributed by atoms with van der Waals surface area (Å²) in [6.07, 6.45) is 0. The summed E-state index contributed by atoms with van der Waals surface area (Å²) in [5.74, 6) is -0.620. The van der Waals surface area contributed by atoms with Crippen LogP contribution in [0.3, 0.4) is 0 Å². The fourth-order valence-electron chi connectivity index (χ4n) is 2.78. The molecule has 1 saturated heterocycles. The van der Waals surface area contributed by atoms with Gasteiger partial charge in [-0.15, -0.1) is 0 Å². The molecular weight excluding hydrogens is 242 g/mol. The van der Waals surface area contributed by atoms with E-state index in [1.54, 1.807) is 20.8 Å². The molecule has 0 aromatic carbocycles. The van der Waals surface area contributed by atoms with E-state index in [0.717, 1.165) is 0 Å². The summed E-state index contributed by atoms with van der Waals surface area (Å²) in [6.45, 7) is 5.23. The summed E-state index contributed by atoms with van der Waals surface area (Å²) in [5, 5.41) is -1.03. The predicted molar refractivity (Wildman–Crippen MR) is 65.2 cm³/mol. The highest BCUT2D eigenvalue weighted by molar-refractivity contribution is 7.95. The normalized spacial score (nSPS) is 30.5. The van der Waals surface area contributed by atoms with Crippen molar-refractivity contribution >= 4 is 15.8 Å². The average molecular weight is 264 g/mol. The monoisotopic (exact) mass is 264 g/mol. The number of carbonyl (C=O) groups excluding carboxylic acids is 1. The molecule has 1 aliphatic rings. The van der Waals surface area contributed by atoms with Crippen molar-refractivity contribution in [3.8, 4) is 0 Å². The number of hydrogen-bond donors (Lipinski definition) is 0. The lowest BCUT2D eigenvalue weighted by molar-refractivity contribution is -0.899. The van der Waals surface area contributed by atoms with Crippen molar-refractivity contribution < 1.29 is 22.4 Å². The van der Waals surface area contributed by atoms with Crippen LogP contribution in [0.25, 0.3) is 0 Å². The van der Waals surface area contributed by atoms with Gasteiger partial charge in [-0.2, -0.15) is 0 Å². The zero-order valence-electron chi connectivity index (χ0n) is 11.4. The summed E-state index contributed by atoms with van der Waals surface area (Å²) < 4.78 is 28.7. The van der Waals surface area contributed by atoms with Gasteiger partial charge in [0.05, 0.1) is 27.7 Å². The van der Waals surface area contributed by atoms with Crippen molar-refractivity contribution in [2.45, 2.75) is 36.8 Å². The van der Waals surface area contributed by atoms with Crippen LogP contribution in [0, 0.1) is 0 Å². The Morgan fingerprint density at radius 3 is 2.12 bits per heavy atom. The maximum Gasteiger partial charge on any atom is 0.330 e. The van der Waals surface area contributed by atoms with Crippen molar-refractivity contribution in [3.05, 3.63) is 0 Å². The van der Waals surface area contributed by atoms with E-state index in [1.807, 2.05) is 21.1 Å². The van der Waals surface area contributed by atoms with Crippen molar-refractivity contribution in [2.24, 2.45) is 0 Å². The highest BCUT2D eigenvalue weighted by Crippen LogP contribution is 2.45. The number of sulfone groups is 1. The molecule has 1 fully saturated rings. The molecule has 0 saturated carbocycles. The lowest BCUT2D eigenvalue weighted by Crippen LogP contribution is -2.78. The maximum atomic E-state index is 12.1. The van der Waals surface area contributed by atoms with Gasteiger partial charge in [-0.05, 0) is 20.8 Å². The Labute approximate surface area is 103 Å². The SMILES string of the molecule is CCOC(=O)[C@H]1[C@@H]([N+](C)(C)C)C(C)(C)S1(=O)=O. The highest BCUT2D eigenvalue weighted by atomic mass is 32.2. The number of ether oxygens (including phenoxy) is 1. The summed E-state index contributed by atoms with van der Waals surface area (Å²) in [7, 11) is 2.24. The quantitative estimate of drug-likeness (QED) is 0.540. The van der Waals surface area contributed by atoms with E-state index < -0.39 is 25.8 Å². The van der Waals surface area contributed by atoms with Crippen LogP contribution in [0.5, 0.6) is 0 Å². The molecule has 1 rings (SSSR count). The van der Waals surface area contributed by atoms with Crippen LogP contribution in [-0.2, 0) is 19.4 Å². The summed E-state index contributed by atoms with van der Waals surface area (Å²) in [5.41, 5.74) is 0. The van der Waals surface area contributed by atoms with Crippen LogP contribution in [0.2, 0.25) is 0 Å². The third-order valence-electron chi connectivity index (χ3n) is 3.42. The maximum absolute atomic E-state index is 12.1. The molecule has 100 valence electrons. The van der Waals surface area contributed by atoms with Gasteiger partial charge in [-0.25, -0.2) is 8.42 Å². The van der Waals surface area contributed by atoms with E-state index in [0.29, 0.717) is 4.48 Å². The summed E-state index contributed by atoms with van der Waals surface area (Å²) >= 11 is 0. The molecule has 5 nitrogen and oxygen atoms in total. The lowest BCUT2D eigenvalue weighted by Gasteiger charge is -2.53. The van der Waals surface area contributed by atoms with Gasteiger partial charge in [-0.3, -0.25) is 4.79 Å². The first-order chi connectivity index (χ1) is 7.48. The standard InChI is InChI=1S/C11H22NO4S/c1-7-16-10(13)8-9(12(4,5)6)11(2,3)17(8,14)15/h8-9H,7H2,1-6H3/q+1/t8-,9-/m1/s1. The first-order valence-corrected chi connectivity index (χ1v) is 7.23. The second-order valence-electron chi connectivity index (χ2n) is 5.88. The average Bonchev–Trinajstić information content (AvgIpc) is 2.11. The van der Waals surface area contributed by atoms with Gasteiger partial charge in [-0.1, -0.05) is 0 Å². The van der Waals surface area contributed by atoms with Crippen LogP contribution >= 0.6 is 0 Å². The van der Waals surface area contributed by atoms with Gasteiger partial charge >= 0.3 is 5.97 Å². The van der Waals surface area contributed by atoms with E-state index in [2.05, 4.69) is 0 Å². The number of esters is 1. The number of rotatable bonds is 3.